The van der Waals surface area contributed by atoms with Gasteiger partial charge in [-0.2, -0.15) is 5.10 Å². The second kappa shape index (κ2) is 5.96. The number of nitrogens with zero attached hydrogens (tertiary/aromatic N) is 2. The Morgan fingerprint density at radius 2 is 1.81 bits per heavy atom. The highest BCUT2D eigenvalue weighted by molar-refractivity contribution is 6.30. The summed E-state index contributed by atoms with van der Waals surface area (Å²) in [5.74, 6) is 0.649. The Labute approximate surface area is 156 Å². The molecule has 0 saturated carbocycles. The maximum atomic E-state index is 13.0. The lowest BCUT2D eigenvalue weighted by atomic mass is 9.61. The van der Waals surface area contributed by atoms with E-state index in [1.54, 1.807) is 18.5 Å². The smallest absolute Gasteiger partial charge is 0.267 e. The molecule has 3 aliphatic rings. The molecule has 3 unspecified atom stereocenters. The molecule has 3 atom stereocenters. The number of aromatic nitrogens is 2. The Balaban J connectivity index is 1.61. The predicted octanol–water partition coefficient (Wildman–Crippen LogP) is 5.17. The Kier molecular flexibility index (Phi) is 3.57. The van der Waals surface area contributed by atoms with Crippen LogP contribution in [0.15, 0.2) is 78.6 Å². The number of carbonyl (C=O) groups excluding carboxylic acids is 1. The van der Waals surface area contributed by atoms with Crippen LogP contribution in [0.5, 0.6) is 0 Å². The Morgan fingerprint density at radius 1 is 1.04 bits per heavy atom. The van der Waals surface area contributed by atoms with Crippen LogP contribution < -0.4 is 0 Å². The van der Waals surface area contributed by atoms with Gasteiger partial charge in [0, 0.05) is 34.8 Å². The number of hydrogen-bond acceptors (Lipinski definition) is 2. The summed E-state index contributed by atoms with van der Waals surface area (Å²) in [6.07, 6.45) is 6.46. The molecule has 4 heteroatoms. The first kappa shape index (κ1) is 15.6. The summed E-state index contributed by atoms with van der Waals surface area (Å²) in [6.45, 7) is 0. The van der Waals surface area contributed by atoms with Crippen molar-refractivity contribution in [2.45, 2.75) is 24.2 Å². The van der Waals surface area contributed by atoms with Crippen LogP contribution in [-0.4, -0.2) is 15.7 Å². The van der Waals surface area contributed by atoms with Gasteiger partial charge in [-0.15, -0.1) is 0 Å². The molecule has 0 aliphatic heterocycles. The van der Waals surface area contributed by atoms with E-state index in [0.717, 1.165) is 17.0 Å². The highest BCUT2D eigenvalue weighted by atomic mass is 35.5. The number of rotatable bonds is 2. The van der Waals surface area contributed by atoms with Crippen LogP contribution in [-0.2, 0) is 0 Å². The molecule has 0 N–H and O–H groups in total. The molecule has 0 amide bonds. The van der Waals surface area contributed by atoms with E-state index in [0.29, 0.717) is 5.92 Å². The van der Waals surface area contributed by atoms with E-state index in [-0.39, 0.29) is 17.7 Å². The molecule has 26 heavy (non-hydrogen) atoms. The third kappa shape index (κ3) is 2.35. The van der Waals surface area contributed by atoms with Crippen molar-refractivity contribution in [2.24, 2.45) is 0 Å². The lowest BCUT2D eigenvalue weighted by molar-refractivity contribution is 0.0927. The van der Waals surface area contributed by atoms with Crippen molar-refractivity contribution in [1.82, 2.24) is 9.78 Å². The lowest BCUT2D eigenvalue weighted by Crippen LogP contribution is -2.32. The van der Waals surface area contributed by atoms with Crippen molar-refractivity contribution >= 4 is 17.5 Å². The first-order chi connectivity index (χ1) is 12.7. The third-order valence-corrected chi connectivity index (χ3v) is 5.90. The Bertz CT molecular complexity index is 1000. The molecule has 2 aromatic carbocycles. The maximum absolute atomic E-state index is 13.0. The summed E-state index contributed by atoms with van der Waals surface area (Å²) in [7, 11) is 0. The number of benzene rings is 2. The van der Waals surface area contributed by atoms with Crippen LogP contribution in [0.2, 0.25) is 5.02 Å². The minimum atomic E-state index is -0.0194. The molecule has 0 saturated heterocycles. The van der Waals surface area contributed by atoms with Gasteiger partial charge in [-0.25, -0.2) is 4.68 Å². The predicted molar refractivity (Wildman–Crippen MR) is 102 cm³/mol. The topological polar surface area (TPSA) is 34.9 Å². The van der Waals surface area contributed by atoms with E-state index < -0.39 is 0 Å². The first-order valence-corrected chi connectivity index (χ1v) is 9.20. The van der Waals surface area contributed by atoms with Crippen molar-refractivity contribution in [1.29, 1.82) is 0 Å². The number of halogens is 1. The number of carbonyl (C=O) groups is 1. The normalized spacial score (nSPS) is 23.4. The summed E-state index contributed by atoms with van der Waals surface area (Å²) in [5.41, 5.74) is 4.75. The largest absolute Gasteiger partial charge is 0.274 e. The van der Waals surface area contributed by atoms with Gasteiger partial charge in [-0.05, 0) is 47.2 Å². The van der Waals surface area contributed by atoms with E-state index in [2.05, 4.69) is 47.6 Å². The molecular weight excluding hydrogens is 344 g/mol. The molecule has 1 aromatic heterocycles. The fourth-order valence-corrected chi connectivity index (χ4v) is 4.61. The third-order valence-electron chi connectivity index (χ3n) is 5.65. The van der Waals surface area contributed by atoms with Crippen molar-refractivity contribution in [3.8, 4) is 0 Å². The molecular formula is C22H17ClN2O. The summed E-state index contributed by atoms with van der Waals surface area (Å²) in [6, 6.07) is 18.4. The van der Waals surface area contributed by atoms with Crippen LogP contribution in [0, 0.1) is 0 Å². The summed E-state index contributed by atoms with van der Waals surface area (Å²) >= 11 is 6.07. The summed E-state index contributed by atoms with van der Waals surface area (Å²) < 4.78 is 1.44. The first-order valence-electron chi connectivity index (χ1n) is 8.83. The van der Waals surface area contributed by atoms with Gasteiger partial charge in [0.1, 0.15) is 0 Å². The van der Waals surface area contributed by atoms with E-state index in [1.165, 1.54) is 21.4 Å². The standard InChI is InChI=1S/C22H17ClN2O/c23-15-8-6-14(7-9-15)18-12-20-17-5-2-1-4-16(17)19(18)13-21(20)22(26)25-11-3-10-24-25/h1-11,13,18-20H,12H2. The fraction of sp³-hybridized carbons (Fsp3) is 0.182. The average Bonchev–Trinajstić information content (AvgIpc) is 3.23. The van der Waals surface area contributed by atoms with E-state index in [1.807, 2.05) is 12.1 Å². The van der Waals surface area contributed by atoms with E-state index in [9.17, 15) is 4.79 Å². The van der Waals surface area contributed by atoms with Gasteiger partial charge in [0.05, 0.1) is 0 Å². The highest BCUT2D eigenvalue weighted by Gasteiger charge is 2.43. The van der Waals surface area contributed by atoms with Crippen LogP contribution in [0.4, 0.5) is 0 Å². The maximum Gasteiger partial charge on any atom is 0.274 e. The zero-order valence-corrected chi connectivity index (χ0v) is 14.8. The molecule has 0 fully saturated rings. The Morgan fingerprint density at radius 3 is 2.54 bits per heavy atom. The molecule has 3 aromatic rings. The van der Waals surface area contributed by atoms with Gasteiger partial charge in [-0.1, -0.05) is 54.1 Å². The minimum Gasteiger partial charge on any atom is -0.267 e. The molecule has 1 heterocycles. The van der Waals surface area contributed by atoms with Gasteiger partial charge in [-0.3, -0.25) is 4.79 Å². The van der Waals surface area contributed by atoms with Crippen LogP contribution in [0.1, 0.15) is 45.7 Å². The van der Waals surface area contributed by atoms with E-state index in [4.69, 9.17) is 11.6 Å². The van der Waals surface area contributed by atoms with Crippen LogP contribution >= 0.6 is 11.6 Å². The SMILES string of the molecule is O=C(C1=CC2c3ccccc3C1CC2c1ccc(Cl)cc1)n1cccn1. The highest BCUT2D eigenvalue weighted by Crippen LogP contribution is 2.55. The van der Waals surface area contributed by atoms with Gasteiger partial charge >= 0.3 is 0 Å². The van der Waals surface area contributed by atoms with Gasteiger partial charge in [0.25, 0.3) is 5.91 Å². The van der Waals surface area contributed by atoms with Gasteiger partial charge in [0.15, 0.2) is 0 Å². The fourth-order valence-electron chi connectivity index (χ4n) is 4.48. The van der Waals surface area contributed by atoms with Crippen molar-refractivity contribution in [3.05, 3.63) is 100 Å². The molecule has 0 radical (unpaired) electrons. The average molecular weight is 361 g/mol. The number of allylic oxidation sites excluding steroid dienone is 2. The summed E-state index contributed by atoms with van der Waals surface area (Å²) in [5, 5.41) is 4.88. The Hall–Kier alpha value is -2.65. The van der Waals surface area contributed by atoms with Crippen molar-refractivity contribution in [3.63, 3.8) is 0 Å². The summed E-state index contributed by atoms with van der Waals surface area (Å²) in [4.78, 5) is 13.0. The molecule has 128 valence electrons. The monoisotopic (exact) mass is 360 g/mol. The van der Waals surface area contributed by atoms with Crippen molar-refractivity contribution < 1.29 is 4.79 Å². The van der Waals surface area contributed by atoms with Crippen LogP contribution in [0.25, 0.3) is 0 Å². The van der Waals surface area contributed by atoms with Crippen molar-refractivity contribution in [2.75, 3.05) is 0 Å². The second-order valence-electron chi connectivity index (χ2n) is 6.98. The number of fused-ring (bicyclic) bond motifs is 1. The molecule has 3 nitrogen and oxygen atoms in total. The molecule has 3 aliphatic carbocycles. The number of hydrogen-bond donors (Lipinski definition) is 0. The quantitative estimate of drug-likeness (QED) is 0.631. The second-order valence-corrected chi connectivity index (χ2v) is 7.42. The zero-order chi connectivity index (χ0) is 17.7. The molecule has 6 rings (SSSR count). The van der Waals surface area contributed by atoms with Gasteiger partial charge < -0.3 is 0 Å². The molecule has 2 bridgehead atoms. The lowest BCUT2D eigenvalue weighted by Gasteiger charge is -2.43. The zero-order valence-electron chi connectivity index (χ0n) is 14.0. The molecule has 0 spiro atoms. The van der Waals surface area contributed by atoms with Gasteiger partial charge in [0.2, 0.25) is 0 Å². The van der Waals surface area contributed by atoms with Crippen LogP contribution in [0.3, 0.4) is 0 Å². The van der Waals surface area contributed by atoms with E-state index >= 15 is 0 Å². The minimum absolute atomic E-state index is 0.0194.